The van der Waals surface area contributed by atoms with Gasteiger partial charge in [0.1, 0.15) is 0 Å². The molecule has 1 unspecified atom stereocenters. The van der Waals surface area contributed by atoms with E-state index in [2.05, 4.69) is 18.0 Å². The lowest BCUT2D eigenvalue weighted by Crippen LogP contribution is -2.14. The molecule has 1 atom stereocenters. The highest BCUT2D eigenvalue weighted by atomic mass is 32.3. The van der Waals surface area contributed by atoms with Crippen LogP contribution in [0.15, 0.2) is 0 Å². The molecular weight excluding hydrogens is 456 g/mol. The second-order valence-electron chi connectivity index (χ2n) is 10.9. The first-order valence-electron chi connectivity index (χ1n) is 15.6. The van der Waals surface area contributed by atoms with E-state index in [4.69, 9.17) is 4.55 Å². The first-order valence-corrected chi connectivity index (χ1v) is 17.0. The van der Waals surface area contributed by atoms with Crippen LogP contribution in [0.3, 0.4) is 0 Å². The Kier molecular flexibility index (Phi) is 26.8. The van der Waals surface area contributed by atoms with Crippen LogP contribution >= 0.6 is 0 Å². The summed E-state index contributed by atoms with van der Waals surface area (Å²) in [5.41, 5.74) is 0. The van der Waals surface area contributed by atoms with E-state index >= 15 is 0 Å². The predicted octanol–water partition coefficient (Wildman–Crippen LogP) is 10.6. The summed E-state index contributed by atoms with van der Waals surface area (Å²) in [7, 11) is -4.32. The Labute approximate surface area is 220 Å². The molecule has 0 amide bonds. The van der Waals surface area contributed by atoms with E-state index in [1.807, 2.05) is 0 Å². The van der Waals surface area contributed by atoms with E-state index in [1.54, 1.807) is 0 Å². The number of hydrogen-bond acceptors (Lipinski definition) is 3. The van der Waals surface area contributed by atoms with Crippen molar-refractivity contribution in [3.8, 4) is 0 Å². The molecule has 0 aromatic heterocycles. The van der Waals surface area contributed by atoms with Crippen LogP contribution in [0.1, 0.15) is 181 Å². The number of hydrogen-bond donors (Lipinski definition) is 1. The average molecular weight is 519 g/mol. The minimum absolute atomic E-state index is 0.129. The third-order valence-electron chi connectivity index (χ3n) is 7.38. The van der Waals surface area contributed by atoms with Crippen LogP contribution in [0.25, 0.3) is 0 Å². The summed E-state index contributed by atoms with van der Waals surface area (Å²) in [5, 5.41) is 0. The molecule has 0 radical (unpaired) electrons. The van der Waals surface area contributed by atoms with Crippen LogP contribution in [-0.4, -0.2) is 19.6 Å². The van der Waals surface area contributed by atoms with Gasteiger partial charge in [-0.2, -0.15) is 8.42 Å². The molecule has 0 aromatic rings. The molecule has 1 N–H and O–H groups in total. The van der Waals surface area contributed by atoms with Crippen molar-refractivity contribution < 1.29 is 17.2 Å². The lowest BCUT2D eigenvalue weighted by Gasteiger charge is -2.16. The highest BCUT2D eigenvalue weighted by Gasteiger charge is 2.13. The normalized spacial score (nSPS) is 12.9. The van der Waals surface area contributed by atoms with Gasteiger partial charge in [-0.1, -0.05) is 168 Å². The molecule has 212 valence electrons. The predicted molar refractivity (Wildman–Crippen MR) is 152 cm³/mol. The molecule has 0 saturated heterocycles. The lowest BCUT2D eigenvalue weighted by atomic mass is 9.95. The quantitative estimate of drug-likeness (QED) is 0.0790. The Bertz CT molecular complexity index is 506. The fraction of sp³-hybridized carbons (Fsp3) is 1.00. The molecule has 0 rings (SSSR count). The van der Waals surface area contributed by atoms with Gasteiger partial charge in [-0.05, 0) is 18.8 Å². The summed E-state index contributed by atoms with van der Waals surface area (Å²) in [4.78, 5) is 0. The highest BCUT2D eigenvalue weighted by molar-refractivity contribution is 7.80. The minimum Gasteiger partial charge on any atom is -0.264 e. The molecule has 0 heterocycles. The molecule has 0 aliphatic heterocycles. The molecule has 0 bridgehead atoms. The van der Waals surface area contributed by atoms with Crippen LogP contribution in [0.4, 0.5) is 0 Å². The summed E-state index contributed by atoms with van der Waals surface area (Å²) in [6.45, 7) is 4.61. The van der Waals surface area contributed by atoms with Gasteiger partial charge in [0.2, 0.25) is 0 Å². The van der Waals surface area contributed by atoms with Crippen LogP contribution in [-0.2, 0) is 14.6 Å². The Balaban J connectivity index is 3.45. The SMILES string of the molecule is CCCCCCCCCCCCCCCCCCCCCCC(CCCCCC)COS(=O)(=O)O. The third-order valence-corrected chi connectivity index (χ3v) is 7.82. The first-order chi connectivity index (χ1) is 17.0. The van der Waals surface area contributed by atoms with Gasteiger partial charge < -0.3 is 0 Å². The minimum atomic E-state index is -4.32. The molecule has 0 spiro atoms. The molecule has 0 aliphatic carbocycles. The van der Waals surface area contributed by atoms with Crippen molar-refractivity contribution in [1.82, 2.24) is 0 Å². The molecule has 0 fully saturated rings. The second-order valence-corrected chi connectivity index (χ2v) is 12.0. The monoisotopic (exact) mass is 518 g/mol. The van der Waals surface area contributed by atoms with E-state index < -0.39 is 10.4 Å². The largest absolute Gasteiger partial charge is 0.397 e. The van der Waals surface area contributed by atoms with E-state index in [9.17, 15) is 8.42 Å². The maximum absolute atomic E-state index is 10.9. The fourth-order valence-corrected chi connectivity index (χ4v) is 5.41. The molecule has 0 saturated carbocycles. The highest BCUT2D eigenvalue weighted by Crippen LogP contribution is 2.20. The Morgan fingerprint density at radius 1 is 0.486 bits per heavy atom. The van der Waals surface area contributed by atoms with Gasteiger partial charge in [0.25, 0.3) is 0 Å². The Morgan fingerprint density at radius 3 is 1.03 bits per heavy atom. The lowest BCUT2D eigenvalue weighted by molar-refractivity contribution is 0.204. The first kappa shape index (κ1) is 34.9. The zero-order valence-corrected chi connectivity index (χ0v) is 24.6. The molecule has 0 aliphatic rings. The summed E-state index contributed by atoms with van der Waals surface area (Å²) >= 11 is 0. The third kappa shape index (κ3) is 30.0. The van der Waals surface area contributed by atoms with Gasteiger partial charge in [0.05, 0.1) is 6.61 Å². The maximum atomic E-state index is 10.9. The summed E-state index contributed by atoms with van der Waals surface area (Å²) in [5.74, 6) is 0.240. The zero-order chi connectivity index (χ0) is 25.9. The van der Waals surface area contributed by atoms with Gasteiger partial charge in [-0.3, -0.25) is 4.55 Å². The van der Waals surface area contributed by atoms with E-state index in [0.29, 0.717) is 0 Å². The molecule has 0 aromatic carbocycles. The fourth-order valence-electron chi connectivity index (χ4n) is 5.04. The number of rotatable bonds is 29. The van der Waals surface area contributed by atoms with Crippen molar-refractivity contribution in [2.45, 2.75) is 181 Å². The second kappa shape index (κ2) is 26.9. The van der Waals surface area contributed by atoms with E-state index in [0.717, 1.165) is 25.7 Å². The van der Waals surface area contributed by atoms with Gasteiger partial charge in [-0.25, -0.2) is 4.18 Å². The average Bonchev–Trinajstić information content (AvgIpc) is 2.82. The standard InChI is InChI=1S/C30H62O4S/c1-3-5-7-9-10-11-12-13-14-15-16-17-18-19-20-21-22-23-24-26-28-30(27-25-8-6-4-2)29-34-35(31,32)33/h30H,3-29H2,1-2H3,(H,31,32,33). The summed E-state index contributed by atoms with van der Waals surface area (Å²) in [6, 6.07) is 0. The van der Waals surface area contributed by atoms with Crippen LogP contribution < -0.4 is 0 Å². The molecule has 35 heavy (non-hydrogen) atoms. The van der Waals surface area contributed by atoms with Crippen molar-refractivity contribution in [3.63, 3.8) is 0 Å². The smallest absolute Gasteiger partial charge is 0.264 e. The summed E-state index contributed by atoms with van der Waals surface area (Å²) in [6.07, 6.45) is 34.4. The number of unbranched alkanes of at least 4 members (excludes halogenated alkanes) is 22. The molecular formula is C30H62O4S. The van der Waals surface area contributed by atoms with Gasteiger partial charge in [-0.15, -0.1) is 0 Å². The molecule has 4 nitrogen and oxygen atoms in total. The van der Waals surface area contributed by atoms with Crippen molar-refractivity contribution in [3.05, 3.63) is 0 Å². The van der Waals surface area contributed by atoms with Crippen LogP contribution in [0, 0.1) is 5.92 Å². The van der Waals surface area contributed by atoms with Gasteiger partial charge in [0.15, 0.2) is 0 Å². The molecule has 5 heteroatoms. The van der Waals surface area contributed by atoms with Gasteiger partial charge >= 0.3 is 10.4 Å². The Hall–Kier alpha value is -0.130. The summed E-state index contributed by atoms with van der Waals surface area (Å²) < 4.78 is 35.3. The topological polar surface area (TPSA) is 63.6 Å². The van der Waals surface area contributed by atoms with E-state index in [1.165, 1.54) is 141 Å². The van der Waals surface area contributed by atoms with Gasteiger partial charge in [0, 0.05) is 0 Å². The van der Waals surface area contributed by atoms with Crippen molar-refractivity contribution in [1.29, 1.82) is 0 Å². The van der Waals surface area contributed by atoms with Crippen LogP contribution in [0.5, 0.6) is 0 Å². The van der Waals surface area contributed by atoms with Crippen molar-refractivity contribution >= 4 is 10.4 Å². The van der Waals surface area contributed by atoms with Crippen molar-refractivity contribution in [2.75, 3.05) is 6.61 Å². The maximum Gasteiger partial charge on any atom is 0.397 e. The van der Waals surface area contributed by atoms with Crippen molar-refractivity contribution in [2.24, 2.45) is 5.92 Å². The zero-order valence-electron chi connectivity index (χ0n) is 23.7. The van der Waals surface area contributed by atoms with Crippen LogP contribution in [0.2, 0.25) is 0 Å². The van der Waals surface area contributed by atoms with E-state index in [-0.39, 0.29) is 12.5 Å². The Morgan fingerprint density at radius 2 is 0.743 bits per heavy atom.